The minimum absolute atomic E-state index is 0.312. The summed E-state index contributed by atoms with van der Waals surface area (Å²) in [5, 5.41) is 17.9. The maximum absolute atomic E-state index is 10.6. The van der Waals surface area contributed by atoms with Gasteiger partial charge in [-0.2, -0.15) is 16.7 Å². The van der Waals surface area contributed by atoms with Gasteiger partial charge in [-0.25, -0.2) is 4.98 Å². The molecule has 7 heteroatoms. The van der Waals surface area contributed by atoms with Gasteiger partial charge in [0.15, 0.2) is 5.82 Å². The lowest BCUT2D eigenvalue weighted by Gasteiger charge is -2.45. The highest BCUT2D eigenvalue weighted by Gasteiger charge is 2.44. The minimum Gasteiger partial charge on any atom is -0.387 e. The summed E-state index contributed by atoms with van der Waals surface area (Å²) >= 11 is 1.82. The van der Waals surface area contributed by atoms with E-state index < -0.39 is 5.60 Å². The van der Waals surface area contributed by atoms with Gasteiger partial charge in [0.1, 0.15) is 5.82 Å². The molecule has 1 fully saturated rings. The summed E-state index contributed by atoms with van der Waals surface area (Å²) in [6.45, 7) is 4.41. The Labute approximate surface area is 133 Å². The monoisotopic (exact) mass is 320 g/mol. The van der Waals surface area contributed by atoms with Crippen LogP contribution in [0.5, 0.6) is 0 Å². The molecule has 0 radical (unpaired) electrons. The molecule has 2 unspecified atom stereocenters. The minimum atomic E-state index is -0.639. The van der Waals surface area contributed by atoms with Crippen molar-refractivity contribution in [2.24, 2.45) is 0 Å². The van der Waals surface area contributed by atoms with E-state index in [2.05, 4.69) is 27.4 Å². The number of aliphatic hydroxyl groups is 1. The van der Waals surface area contributed by atoms with E-state index in [4.69, 9.17) is 4.52 Å². The van der Waals surface area contributed by atoms with E-state index >= 15 is 0 Å². The van der Waals surface area contributed by atoms with Gasteiger partial charge in [-0.05, 0) is 37.7 Å². The highest BCUT2D eigenvalue weighted by atomic mass is 32.2. The van der Waals surface area contributed by atoms with Gasteiger partial charge in [0.2, 0.25) is 0 Å². The SMILES string of the molecule is CCSC1CCC1(O)CNc1cc(-c2nc(C)no2)ccn1. The molecule has 0 spiro atoms. The van der Waals surface area contributed by atoms with E-state index in [9.17, 15) is 5.11 Å². The van der Waals surface area contributed by atoms with Gasteiger partial charge in [-0.1, -0.05) is 12.1 Å². The predicted octanol–water partition coefficient (Wildman–Crippen LogP) is 2.50. The van der Waals surface area contributed by atoms with Crippen molar-refractivity contribution in [3.8, 4) is 11.5 Å². The lowest BCUT2D eigenvalue weighted by Crippen LogP contribution is -2.54. The number of aryl methyl sites for hydroxylation is 1. The van der Waals surface area contributed by atoms with Crippen LogP contribution in [0.25, 0.3) is 11.5 Å². The molecular weight excluding hydrogens is 300 g/mol. The Morgan fingerprint density at radius 1 is 1.55 bits per heavy atom. The zero-order valence-corrected chi connectivity index (χ0v) is 13.6. The van der Waals surface area contributed by atoms with Crippen LogP contribution in [0.1, 0.15) is 25.6 Å². The van der Waals surface area contributed by atoms with Crippen LogP contribution in [0.2, 0.25) is 0 Å². The maximum atomic E-state index is 10.6. The first-order valence-electron chi connectivity index (χ1n) is 7.45. The van der Waals surface area contributed by atoms with Crippen LogP contribution in [0.15, 0.2) is 22.9 Å². The van der Waals surface area contributed by atoms with E-state index in [1.54, 1.807) is 13.1 Å². The number of nitrogens with one attached hydrogen (secondary N) is 1. The van der Waals surface area contributed by atoms with Gasteiger partial charge >= 0.3 is 0 Å². The molecule has 2 atom stereocenters. The molecule has 0 aromatic carbocycles. The number of nitrogens with zero attached hydrogens (tertiary/aromatic N) is 3. The van der Waals surface area contributed by atoms with Crippen LogP contribution in [-0.2, 0) is 0 Å². The van der Waals surface area contributed by atoms with Crippen molar-refractivity contribution in [3.63, 3.8) is 0 Å². The van der Waals surface area contributed by atoms with Crippen molar-refractivity contribution in [2.75, 3.05) is 17.6 Å². The molecule has 1 aliphatic carbocycles. The predicted molar refractivity (Wildman–Crippen MR) is 86.9 cm³/mol. The molecule has 0 bridgehead atoms. The number of rotatable bonds is 6. The largest absolute Gasteiger partial charge is 0.387 e. The normalized spacial score (nSPS) is 24.0. The van der Waals surface area contributed by atoms with Crippen LogP contribution >= 0.6 is 11.8 Å². The van der Waals surface area contributed by atoms with Gasteiger partial charge in [-0.3, -0.25) is 0 Å². The average Bonchev–Trinajstić information content (AvgIpc) is 2.96. The molecule has 118 valence electrons. The van der Waals surface area contributed by atoms with E-state index in [1.165, 1.54) is 0 Å². The van der Waals surface area contributed by atoms with Crippen molar-refractivity contribution < 1.29 is 9.63 Å². The maximum Gasteiger partial charge on any atom is 0.258 e. The fraction of sp³-hybridized carbons (Fsp3) is 0.533. The van der Waals surface area contributed by atoms with Crippen molar-refractivity contribution in [3.05, 3.63) is 24.2 Å². The van der Waals surface area contributed by atoms with E-state index in [1.807, 2.05) is 23.9 Å². The Kier molecular flexibility index (Phi) is 4.35. The third-order valence-corrected chi connectivity index (χ3v) is 5.33. The fourth-order valence-electron chi connectivity index (χ4n) is 2.56. The summed E-state index contributed by atoms with van der Waals surface area (Å²) in [5.41, 5.74) is 0.178. The first kappa shape index (κ1) is 15.3. The Morgan fingerprint density at radius 2 is 2.41 bits per heavy atom. The summed E-state index contributed by atoms with van der Waals surface area (Å²) < 4.78 is 5.16. The van der Waals surface area contributed by atoms with Crippen molar-refractivity contribution >= 4 is 17.6 Å². The van der Waals surface area contributed by atoms with Gasteiger partial charge in [0, 0.05) is 23.6 Å². The average molecular weight is 320 g/mol. The summed E-state index contributed by atoms with van der Waals surface area (Å²) in [6, 6.07) is 3.68. The van der Waals surface area contributed by atoms with Crippen molar-refractivity contribution in [1.29, 1.82) is 0 Å². The number of hydrogen-bond acceptors (Lipinski definition) is 7. The second kappa shape index (κ2) is 6.26. The quantitative estimate of drug-likeness (QED) is 0.846. The zero-order valence-electron chi connectivity index (χ0n) is 12.7. The standard InChI is InChI=1S/C15H20N4O2S/c1-3-22-12-4-6-15(12,20)9-17-13-8-11(5-7-16-13)14-18-10(2)19-21-14/h5,7-8,12,20H,3-4,6,9H2,1-2H3,(H,16,17). The van der Waals surface area contributed by atoms with Gasteiger partial charge < -0.3 is 14.9 Å². The van der Waals surface area contributed by atoms with Gasteiger partial charge in [0.05, 0.1) is 5.60 Å². The molecule has 2 heterocycles. The molecule has 3 rings (SSSR count). The summed E-state index contributed by atoms with van der Waals surface area (Å²) in [7, 11) is 0. The Morgan fingerprint density at radius 3 is 3.05 bits per heavy atom. The number of hydrogen-bond donors (Lipinski definition) is 2. The fourth-order valence-corrected chi connectivity index (χ4v) is 3.75. The number of anilines is 1. The highest BCUT2D eigenvalue weighted by Crippen LogP contribution is 2.41. The Balaban J connectivity index is 1.66. The Hall–Kier alpha value is -1.60. The van der Waals surface area contributed by atoms with Gasteiger partial charge in [-0.15, -0.1) is 0 Å². The second-order valence-electron chi connectivity index (χ2n) is 5.52. The van der Waals surface area contributed by atoms with Crippen LogP contribution in [0.4, 0.5) is 5.82 Å². The molecule has 0 aliphatic heterocycles. The Bertz CT molecular complexity index is 648. The third kappa shape index (κ3) is 3.10. The third-order valence-electron chi connectivity index (χ3n) is 3.92. The molecule has 2 aromatic heterocycles. The molecular formula is C15H20N4O2S. The van der Waals surface area contributed by atoms with Crippen LogP contribution in [-0.4, -0.2) is 43.4 Å². The van der Waals surface area contributed by atoms with Crippen LogP contribution in [0, 0.1) is 6.92 Å². The second-order valence-corrected chi connectivity index (χ2v) is 7.00. The summed E-state index contributed by atoms with van der Waals surface area (Å²) in [5.74, 6) is 2.81. The zero-order chi connectivity index (χ0) is 15.6. The lowest BCUT2D eigenvalue weighted by atomic mass is 9.79. The molecule has 2 aromatic rings. The number of thioether (sulfide) groups is 1. The van der Waals surface area contributed by atoms with Gasteiger partial charge in [0.25, 0.3) is 5.89 Å². The smallest absolute Gasteiger partial charge is 0.258 e. The lowest BCUT2D eigenvalue weighted by molar-refractivity contribution is -0.0120. The van der Waals surface area contributed by atoms with E-state index in [-0.39, 0.29) is 0 Å². The summed E-state index contributed by atoms with van der Waals surface area (Å²) in [6.07, 6.45) is 3.60. The topological polar surface area (TPSA) is 84.1 Å². The first-order valence-corrected chi connectivity index (χ1v) is 8.50. The number of aromatic nitrogens is 3. The molecule has 0 amide bonds. The summed E-state index contributed by atoms with van der Waals surface area (Å²) in [4.78, 5) is 8.49. The molecule has 0 saturated heterocycles. The number of pyridine rings is 1. The first-order chi connectivity index (χ1) is 10.6. The molecule has 6 nitrogen and oxygen atoms in total. The van der Waals surface area contributed by atoms with E-state index in [0.29, 0.717) is 29.3 Å². The molecule has 1 aliphatic rings. The highest BCUT2D eigenvalue weighted by molar-refractivity contribution is 8.00. The van der Waals surface area contributed by atoms with Crippen molar-refractivity contribution in [2.45, 2.75) is 37.5 Å². The van der Waals surface area contributed by atoms with Crippen LogP contribution in [0.3, 0.4) is 0 Å². The van der Waals surface area contributed by atoms with E-state index in [0.717, 1.165) is 24.2 Å². The van der Waals surface area contributed by atoms with Crippen molar-refractivity contribution in [1.82, 2.24) is 15.1 Å². The molecule has 1 saturated carbocycles. The van der Waals surface area contributed by atoms with Crippen LogP contribution < -0.4 is 5.32 Å². The molecule has 22 heavy (non-hydrogen) atoms. The molecule has 2 N–H and O–H groups in total.